The third-order valence-corrected chi connectivity index (χ3v) is 6.08. The van der Waals surface area contributed by atoms with E-state index in [9.17, 15) is 22.4 Å². The third kappa shape index (κ3) is 4.71. The quantitative estimate of drug-likeness (QED) is 0.444. The van der Waals surface area contributed by atoms with Crippen molar-refractivity contribution in [3.05, 3.63) is 57.8 Å². The SMILES string of the molecule is O=C(Nc1nc(-c2cccc(C(F)(F)F)c2F)cs1)c1cnc(N2CCCCC2)c(Cl)c1. The molecule has 4 rings (SSSR count). The van der Waals surface area contributed by atoms with E-state index in [0.717, 1.165) is 49.8 Å². The number of nitrogens with one attached hydrogen (secondary N) is 1. The van der Waals surface area contributed by atoms with Crippen LogP contribution in [0.2, 0.25) is 5.02 Å². The molecule has 0 bridgehead atoms. The zero-order valence-electron chi connectivity index (χ0n) is 16.5. The molecular weight excluding hydrogens is 468 g/mol. The summed E-state index contributed by atoms with van der Waals surface area (Å²) >= 11 is 7.30. The zero-order valence-corrected chi connectivity index (χ0v) is 18.1. The molecule has 0 atom stereocenters. The average molecular weight is 485 g/mol. The lowest BCUT2D eigenvalue weighted by atomic mass is 10.1. The van der Waals surface area contributed by atoms with Crippen molar-refractivity contribution in [2.75, 3.05) is 23.3 Å². The van der Waals surface area contributed by atoms with Gasteiger partial charge in [-0.25, -0.2) is 14.4 Å². The standard InChI is InChI=1S/C21H17ClF4N4OS/c22-15-9-12(10-27-18(15)30-7-2-1-3-8-30)19(31)29-20-28-16(11-32-20)13-5-4-6-14(17(13)23)21(24,25)26/h4-6,9-11H,1-3,7-8H2,(H,28,29,31). The predicted molar refractivity (Wildman–Crippen MR) is 116 cm³/mol. The van der Waals surface area contributed by atoms with E-state index in [1.165, 1.54) is 23.7 Å². The number of carbonyl (C=O) groups is 1. The lowest BCUT2D eigenvalue weighted by Gasteiger charge is -2.28. The summed E-state index contributed by atoms with van der Waals surface area (Å²) in [5.74, 6) is -1.32. The second-order valence-corrected chi connectivity index (χ2v) is 8.50. The van der Waals surface area contributed by atoms with E-state index in [2.05, 4.69) is 20.2 Å². The van der Waals surface area contributed by atoms with E-state index in [4.69, 9.17) is 11.6 Å². The van der Waals surface area contributed by atoms with Crippen LogP contribution in [0, 0.1) is 5.82 Å². The van der Waals surface area contributed by atoms with E-state index >= 15 is 0 Å². The van der Waals surface area contributed by atoms with Gasteiger partial charge < -0.3 is 4.90 Å². The number of amides is 1. The topological polar surface area (TPSA) is 58.1 Å². The predicted octanol–water partition coefficient (Wildman–Crippen LogP) is 6.26. The molecule has 1 N–H and O–H groups in total. The first-order valence-electron chi connectivity index (χ1n) is 9.77. The maximum absolute atomic E-state index is 14.4. The average Bonchev–Trinajstić information content (AvgIpc) is 3.21. The fourth-order valence-electron chi connectivity index (χ4n) is 3.47. The molecular formula is C21H17ClF4N4OS. The van der Waals surface area contributed by atoms with E-state index in [0.29, 0.717) is 16.9 Å². The van der Waals surface area contributed by atoms with Crippen LogP contribution in [-0.2, 0) is 6.18 Å². The number of nitrogens with zero attached hydrogens (tertiary/aromatic N) is 3. The van der Waals surface area contributed by atoms with Crippen molar-refractivity contribution < 1.29 is 22.4 Å². The molecule has 168 valence electrons. The molecule has 1 aliphatic rings. The molecule has 3 aromatic rings. The van der Waals surface area contributed by atoms with Gasteiger partial charge in [0.2, 0.25) is 0 Å². The minimum Gasteiger partial charge on any atom is -0.355 e. The number of pyridine rings is 1. The Bertz CT molecular complexity index is 1150. The van der Waals surface area contributed by atoms with Crippen molar-refractivity contribution in [2.24, 2.45) is 0 Å². The van der Waals surface area contributed by atoms with Gasteiger partial charge in [0.05, 0.1) is 21.8 Å². The highest BCUT2D eigenvalue weighted by atomic mass is 35.5. The monoisotopic (exact) mass is 484 g/mol. The van der Waals surface area contributed by atoms with Gasteiger partial charge in [0.15, 0.2) is 5.13 Å². The first-order chi connectivity index (χ1) is 15.2. The van der Waals surface area contributed by atoms with Gasteiger partial charge in [0.1, 0.15) is 11.6 Å². The van der Waals surface area contributed by atoms with Gasteiger partial charge in [-0.1, -0.05) is 17.7 Å². The number of piperidine rings is 1. The molecule has 1 aliphatic heterocycles. The van der Waals surface area contributed by atoms with Gasteiger partial charge >= 0.3 is 6.18 Å². The summed E-state index contributed by atoms with van der Waals surface area (Å²) in [6.07, 6.45) is -0.140. The number of hydrogen-bond donors (Lipinski definition) is 1. The summed E-state index contributed by atoms with van der Waals surface area (Å²) in [5, 5.41) is 4.39. The van der Waals surface area contributed by atoms with E-state index in [1.54, 1.807) is 0 Å². The van der Waals surface area contributed by atoms with Crippen LogP contribution < -0.4 is 10.2 Å². The number of benzene rings is 1. The van der Waals surface area contributed by atoms with E-state index < -0.39 is 23.5 Å². The Hall–Kier alpha value is -2.72. The van der Waals surface area contributed by atoms with Crippen molar-refractivity contribution in [1.82, 2.24) is 9.97 Å². The number of halogens is 5. The highest BCUT2D eigenvalue weighted by molar-refractivity contribution is 7.14. The van der Waals surface area contributed by atoms with Crippen molar-refractivity contribution in [3.63, 3.8) is 0 Å². The number of anilines is 2. The molecule has 0 saturated carbocycles. The molecule has 0 radical (unpaired) electrons. The Morgan fingerprint density at radius 3 is 2.62 bits per heavy atom. The Morgan fingerprint density at radius 1 is 1.19 bits per heavy atom. The zero-order chi connectivity index (χ0) is 22.9. The fraction of sp³-hybridized carbons (Fsp3) is 0.286. The van der Waals surface area contributed by atoms with Crippen molar-refractivity contribution in [1.29, 1.82) is 0 Å². The minimum absolute atomic E-state index is 0.00879. The molecule has 1 saturated heterocycles. The highest BCUT2D eigenvalue weighted by Crippen LogP contribution is 2.36. The summed E-state index contributed by atoms with van der Waals surface area (Å²) < 4.78 is 53.2. The number of alkyl halides is 3. The molecule has 1 amide bonds. The second kappa shape index (κ2) is 9.03. The van der Waals surface area contributed by atoms with E-state index in [-0.39, 0.29) is 22.0 Å². The molecule has 0 spiro atoms. The van der Waals surface area contributed by atoms with Crippen LogP contribution in [0.5, 0.6) is 0 Å². The van der Waals surface area contributed by atoms with Crippen LogP contribution in [0.3, 0.4) is 0 Å². The number of aromatic nitrogens is 2. The maximum atomic E-state index is 14.4. The molecule has 1 aromatic carbocycles. The first-order valence-corrected chi connectivity index (χ1v) is 11.0. The first kappa shape index (κ1) is 22.5. The molecule has 32 heavy (non-hydrogen) atoms. The van der Waals surface area contributed by atoms with Crippen LogP contribution in [0.4, 0.5) is 28.5 Å². The summed E-state index contributed by atoms with van der Waals surface area (Å²) in [5.41, 5.74) is -1.47. The molecule has 3 heterocycles. The normalized spacial score (nSPS) is 14.5. The Kier molecular flexibility index (Phi) is 6.34. The van der Waals surface area contributed by atoms with Gasteiger partial charge in [-0.3, -0.25) is 10.1 Å². The van der Waals surface area contributed by atoms with Gasteiger partial charge in [-0.05, 0) is 37.5 Å². The fourth-order valence-corrected chi connectivity index (χ4v) is 4.46. The lowest BCUT2D eigenvalue weighted by molar-refractivity contribution is -0.139. The molecule has 1 fully saturated rings. The summed E-state index contributed by atoms with van der Waals surface area (Å²) in [4.78, 5) is 23.0. The smallest absolute Gasteiger partial charge is 0.355 e. The number of hydrogen-bond acceptors (Lipinski definition) is 5. The van der Waals surface area contributed by atoms with Gasteiger partial charge in [0.25, 0.3) is 5.91 Å². The van der Waals surface area contributed by atoms with Gasteiger partial charge in [-0.15, -0.1) is 11.3 Å². The van der Waals surface area contributed by atoms with Crippen LogP contribution >= 0.6 is 22.9 Å². The second-order valence-electron chi connectivity index (χ2n) is 7.23. The number of thiazole rings is 1. The maximum Gasteiger partial charge on any atom is 0.419 e. The molecule has 0 unspecified atom stereocenters. The third-order valence-electron chi connectivity index (χ3n) is 5.04. The number of rotatable bonds is 4. The van der Waals surface area contributed by atoms with Gasteiger partial charge in [0, 0.05) is 30.2 Å². The van der Waals surface area contributed by atoms with E-state index in [1.807, 2.05) is 0 Å². The Morgan fingerprint density at radius 2 is 1.94 bits per heavy atom. The Labute approximate surface area is 190 Å². The van der Waals surface area contributed by atoms with Crippen molar-refractivity contribution >= 4 is 39.8 Å². The lowest BCUT2D eigenvalue weighted by Crippen LogP contribution is -2.30. The summed E-state index contributed by atoms with van der Waals surface area (Å²) in [6.45, 7) is 1.71. The largest absolute Gasteiger partial charge is 0.419 e. The molecule has 2 aromatic heterocycles. The molecule has 5 nitrogen and oxygen atoms in total. The van der Waals surface area contributed by atoms with Crippen molar-refractivity contribution in [3.8, 4) is 11.3 Å². The van der Waals surface area contributed by atoms with Crippen LogP contribution in [-0.4, -0.2) is 29.0 Å². The minimum atomic E-state index is -4.82. The van der Waals surface area contributed by atoms with Crippen LogP contribution in [0.15, 0.2) is 35.8 Å². The van der Waals surface area contributed by atoms with Gasteiger partial charge in [-0.2, -0.15) is 13.2 Å². The molecule has 11 heteroatoms. The van der Waals surface area contributed by atoms with Crippen molar-refractivity contribution in [2.45, 2.75) is 25.4 Å². The highest BCUT2D eigenvalue weighted by Gasteiger charge is 2.35. The number of carbonyl (C=O) groups excluding carboxylic acids is 1. The molecule has 0 aliphatic carbocycles. The van der Waals surface area contributed by atoms with Crippen LogP contribution in [0.25, 0.3) is 11.3 Å². The summed E-state index contributed by atoms with van der Waals surface area (Å²) in [7, 11) is 0. The Balaban J connectivity index is 1.51. The van der Waals surface area contributed by atoms with Crippen LogP contribution in [0.1, 0.15) is 35.2 Å². The summed E-state index contributed by atoms with van der Waals surface area (Å²) in [6, 6.07) is 4.48.